The summed E-state index contributed by atoms with van der Waals surface area (Å²) < 4.78 is 5.41. The molecule has 1 N–H and O–H groups in total. The highest BCUT2D eigenvalue weighted by Gasteiger charge is 2.39. The zero-order valence-electron chi connectivity index (χ0n) is 11.8. The molecule has 0 atom stereocenters. The highest BCUT2D eigenvalue weighted by molar-refractivity contribution is 5.68. The van der Waals surface area contributed by atoms with Gasteiger partial charge in [-0.3, -0.25) is 4.90 Å². The van der Waals surface area contributed by atoms with Gasteiger partial charge < -0.3 is 9.84 Å². The molecule has 2 aliphatic rings. The van der Waals surface area contributed by atoms with E-state index in [-0.39, 0.29) is 12.2 Å². The second kappa shape index (κ2) is 5.19. The number of rotatable bonds is 6. The number of carbonyl (C=O) groups is 1. The standard InChI is InChI=1S/C16H21NO3/c1-16(20-9-15(18)19)10-17(11-16)8-12-2-4-13(5-3-12)14-6-7-14/h2-5,14H,6-11H2,1H3,(H,18,19). The van der Waals surface area contributed by atoms with Gasteiger partial charge in [0.05, 0.1) is 5.60 Å². The minimum Gasteiger partial charge on any atom is -0.480 e. The first-order valence-electron chi connectivity index (χ1n) is 7.21. The van der Waals surface area contributed by atoms with Crippen molar-refractivity contribution in [2.75, 3.05) is 19.7 Å². The van der Waals surface area contributed by atoms with Crippen molar-refractivity contribution in [3.63, 3.8) is 0 Å². The van der Waals surface area contributed by atoms with E-state index < -0.39 is 5.97 Å². The number of nitrogens with zero attached hydrogens (tertiary/aromatic N) is 1. The van der Waals surface area contributed by atoms with E-state index in [4.69, 9.17) is 9.84 Å². The molecule has 3 rings (SSSR count). The largest absolute Gasteiger partial charge is 0.480 e. The zero-order chi connectivity index (χ0) is 14.2. The van der Waals surface area contributed by atoms with Gasteiger partial charge in [0.2, 0.25) is 0 Å². The molecule has 1 saturated carbocycles. The summed E-state index contributed by atoms with van der Waals surface area (Å²) in [4.78, 5) is 12.8. The van der Waals surface area contributed by atoms with Gasteiger partial charge in [0.25, 0.3) is 0 Å². The summed E-state index contributed by atoms with van der Waals surface area (Å²) in [5.74, 6) is -0.0962. The summed E-state index contributed by atoms with van der Waals surface area (Å²) in [5, 5.41) is 8.63. The van der Waals surface area contributed by atoms with E-state index in [1.807, 2.05) is 6.92 Å². The van der Waals surface area contributed by atoms with Gasteiger partial charge in [-0.05, 0) is 36.8 Å². The molecule has 1 saturated heterocycles. The number of carboxylic acids is 1. The molecule has 1 aliphatic carbocycles. The molecule has 1 aromatic carbocycles. The summed E-state index contributed by atoms with van der Waals surface area (Å²) >= 11 is 0. The second-order valence-electron chi connectivity index (χ2n) is 6.29. The van der Waals surface area contributed by atoms with Crippen LogP contribution in [0.3, 0.4) is 0 Å². The number of hydrogen-bond donors (Lipinski definition) is 1. The highest BCUT2D eigenvalue weighted by Crippen LogP contribution is 2.40. The Bertz CT molecular complexity index is 487. The minimum absolute atomic E-state index is 0.208. The Kier molecular flexibility index (Phi) is 3.52. The molecule has 108 valence electrons. The molecule has 0 amide bonds. The fraction of sp³-hybridized carbons (Fsp3) is 0.562. The normalized spacial score (nSPS) is 21.4. The van der Waals surface area contributed by atoms with Crippen molar-refractivity contribution in [1.29, 1.82) is 0 Å². The van der Waals surface area contributed by atoms with Crippen molar-refractivity contribution < 1.29 is 14.6 Å². The molecule has 2 fully saturated rings. The van der Waals surface area contributed by atoms with Gasteiger partial charge in [0.15, 0.2) is 0 Å². The van der Waals surface area contributed by atoms with Crippen LogP contribution in [0.25, 0.3) is 0 Å². The van der Waals surface area contributed by atoms with Gasteiger partial charge in [0, 0.05) is 19.6 Å². The van der Waals surface area contributed by atoms with Crippen LogP contribution in [-0.2, 0) is 16.1 Å². The molecule has 0 aromatic heterocycles. The Morgan fingerprint density at radius 1 is 1.35 bits per heavy atom. The summed E-state index contributed by atoms with van der Waals surface area (Å²) in [6, 6.07) is 8.91. The topological polar surface area (TPSA) is 49.8 Å². The van der Waals surface area contributed by atoms with Crippen molar-refractivity contribution in [3.8, 4) is 0 Å². The van der Waals surface area contributed by atoms with E-state index in [0.29, 0.717) is 0 Å². The van der Waals surface area contributed by atoms with Gasteiger partial charge in [-0.2, -0.15) is 0 Å². The fourth-order valence-electron chi connectivity index (χ4n) is 2.91. The average Bonchev–Trinajstić information content (AvgIpc) is 3.20. The Balaban J connectivity index is 1.46. The first-order chi connectivity index (χ1) is 9.54. The predicted octanol–water partition coefficient (Wildman–Crippen LogP) is 2.24. The maximum Gasteiger partial charge on any atom is 0.329 e. The van der Waals surface area contributed by atoms with Crippen molar-refractivity contribution >= 4 is 5.97 Å². The van der Waals surface area contributed by atoms with E-state index in [0.717, 1.165) is 25.6 Å². The van der Waals surface area contributed by atoms with E-state index in [1.54, 1.807) is 0 Å². The third kappa shape index (κ3) is 3.19. The minimum atomic E-state index is -0.902. The van der Waals surface area contributed by atoms with Crippen LogP contribution in [0.5, 0.6) is 0 Å². The quantitative estimate of drug-likeness (QED) is 0.865. The van der Waals surface area contributed by atoms with Crippen LogP contribution >= 0.6 is 0 Å². The molecule has 4 nitrogen and oxygen atoms in total. The molecule has 0 unspecified atom stereocenters. The van der Waals surface area contributed by atoms with Crippen molar-refractivity contribution in [3.05, 3.63) is 35.4 Å². The molecule has 0 spiro atoms. The van der Waals surface area contributed by atoms with Crippen molar-refractivity contribution in [1.82, 2.24) is 4.90 Å². The Labute approximate surface area is 119 Å². The van der Waals surface area contributed by atoms with Crippen LogP contribution in [0.4, 0.5) is 0 Å². The molecule has 0 bridgehead atoms. The van der Waals surface area contributed by atoms with Crippen LogP contribution in [0.15, 0.2) is 24.3 Å². The van der Waals surface area contributed by atoms with Gasteiger partial charge in [0.1, 0.15) is 6.61 Å². The smallest absolute Gasteiger partial charge is 0.329 e. The average molecular weight is 275 g/mol. The van der Waals surface area contributed by atoms with Crippen molar-refractivity contribution in [2.45, 2.75) is 37.8 Å². The molecule has 0 radical (unpaired) electrons. The first kappa shape index (κ1) is 13.6. The van der Waals surface area contributed by atoms with Crippen LogP contribution in [-0.4, -0.2) is 41.3 Å². The number of hydrogen-bond acceptors (Lipinski definition) is 3. The molecular formula is C16H21NO3. The summed E-state index contributed by atoms with van der Waals surface area (Å²) in [6.07, 6.45) is 2.68. The summed E-state index contributed by atoms with van der Waals surface area (Å²) in [6.45, 7) is 4.27. The number of carboxylic acid groups (broad SMARTS) is 1. The maximum absolute atomic E-state index is 10.5. The Morgan fingerprint density at radius 3 is 2.55 bits per heavy atom. The van der Waals surface area contributed by atoms with Gasteiger partial charge in [-0.1, -0.05) is 24.3 Å². The fourth-order valence-corrected chi connectivity index (χ4v) is 2.91. The first-order valence-corrected chi connectivity index (χ1v) is 7.21. The lowest BCUT2D eigenvalue weighted by atomic mass is 9.95. The third-order valence-electron chi connectivity index (χ3n) is 4.09. The molecular weight excluding hydrogens is 254 g/mol. The third-order valence-corrected chi connectivity index (χ3v) is 4.09. The monoisotopic (exact) mass is 275 g/mol. The van der Waals surface area contributed by atoms with Crippen LogP contribution in [0.2, 0.25) is 0 Å². The van der Waals surface area contributed by atoms with Gasteiger partial charge in [-0.25, -0.2) is 4.79 Å². The SMILES string of the molecule is CC1(OCC(=O)O)CN(Cc2ccc(C3CC3)cc2)C1. The summed E-state index contributed by atoms with van der Waals surface area (Å²) in [5.41, 5.74) is 2.48. The number of aliphatic carboxylic acids is 1. The van der Waals surface area contributed by atoms with Crippen LogP contribution in [0, 0.1) is 0 Å². The number of likely N-dealkylation sites (tertiary alicyclic amines) is 1. The molecule has 4 heteroatoms. The predicted molar refractivity (Wildman–Crippen MR) is 75.7 cm³/mol. The second-order valence-corrected chi connectivity index (χ2v) is 6.29. The van der Waals surface area contributed by atoms with Crippen molar-refractivity contribution in [2.24, 2.45) is 0 Å². The van der Waals surface area contributed by atoms with E-state index >= 15 is 0 Å². The summed E-state index contributed by atoms with van der Waals surface area (Å²) in [7, 11) is 0. The Morgan fingerprint density at radius 2 is 2.00 bits per heavy atom. The molecule has 1 heterocycles. The van der Waals surface area contributed by atoms with Crippen LogP contribution < -0.4 is 0 Å². The van der Waals surface area contributed by atoms with E-state index in [1.165, 1.54) is 24.0 Å². The zero-order valence-corrected chi connectivity index (χ0v) is 11.8. The lowest BCUT2D eigenvalue weighted by Gasteiger charge is -2.47. The molecule has 1 aliphatic heterocycles. The maximum atomic E-state index is 10.5. The number of ether oxygens (including phenoxy) is 1. The lowest BCUT2D eigenvalue weighted by molar-refractivity contribution is -0.165. The Hall–Kier alpha value is -1.39. The lowest BCUT2D eigenvalue weighted by Crippen LogP contribution is -2.61. The van der Waals surface area contributed by atoms with Gasteiger partial charge >= 0.3 is 5.97 Å². The van der Waals surface area contributed by atoms with E-state index in [2.05, 4.69) is 29.2 Å². The van der Waals surface area contributed by atoms with Gasteiger partial charge in [-0.15, -0.1) is 0 Å². The molecule has 20 heavy (non-hydrogen) atoms. The van der Waals surface area contributed by atoms with Crippen LogP contribution in [0.1, 0.15) is 36.8 Å². The molecule has 1 aromatic rings. The van der Waals surface area contributed by atoms with E-state index in [9.17, 15) is 4.79 Å². The highest BCUT2D eigenvalue weighted by atomic mass is 16.5. The number of benzene rings is 1.